The lowest BCUT2D eigenvalue weighted by Crippen LogP contribution is -2.15. The fourth-order valence-corrected chi connectivity index (χ4v) is 2.86. The molecule has 0 unspecified atom stereocenters. The minimum atomic E-state index is -0.309. The lowest BCUT2D eigenvalue weighted by atomic mass is 10.0. The van der Waals surface area contributed by atoms with Crippen LogP contribution in [-0.2, 0) is 0 Å². The summed E-state index contributed by atoms with van der Waals surface area (Å²) in [6, 6.07) is 17.3. The number of carbonyl (C=O) groups excluding carboxylic acids is 1. The molecule has 0 aromatic heterocycles. The second-order valence-electron chi connectivity index (χ2n) is 5.91. The summed E-state index contributed by atoms with van der Waals surface area (Å²) in [5.74, 6) is 1.13. The van der Waals surface area contributed by atoms with Crippen LogP contribution in [0.5, 0.6) is 11.5 Å². The highest BCUT2D eigenvalue weighted by molar-refractivity contribution is 5.88. The van der Waals surface area contributed by atoms with E-state index in [9.17, 15) is 9.18 Å². The SMILES string of the molecule is O=Cc1ccc(-c2ccc3c(c2)OCCO3)cc1Nc1ccc(F)cc1. The summed E-state index contributed by atoms with van der Waals surface area (Å²) < 4.78 is 24.3. The summed E-state index contributed by atoms with van der Waals surface area (Å²) in [7, 11) is 0. The molecule has 0 aliphatic carbocycles. The van der Waals surface area contributed by atoms with Crippen molar-refractivity contribution in [2.45, 2.75) is 0 Å². The quantitative estimate of drug-likeness (QED) is 0.686. The summed E-state index contributed by atoms with van der Waals surface area (Å²) >= 11 is 0. The molecular weight excluding hydrogens is 333 g/mol. The summed E-state index contributed by atoms with van der Waals surface area (Å²) in [4.78, 5) is 11.4. The number of hydrogen-bond donors (Lipinski definition) is 1. The largest absolute Gasteiger partial charge is 0.486 e. The van der Waals surface area contributed by atoms with E-state index in [0.717, 1.165) is 23.2 Å². The van der Waals surface area contributed by atoms with Gasteiger partial charge in [-0.15, -0.1) is 0 Å². The highest BCUT2D eigenvalue weighted by Crippen LogP contribution is 2.35. The van der Waals surface area contributed by atoms with E-state index < -0.39 is 0 Å². The number of carbonyl (C=O) groups is 1. The predicted molar refractivity (Wildman–Crippen MR) is 97.9 cm³/mol. The molecule has 0 radical (unpaired) electrons. The van der Waals surface area contributed by atoms with Crippen LogP contribution in [0, 0.1) is 5.82 Å². The maximum atomic E-state index is 13.1. The van der Waals surface area contributed by atoms with E-state index in [2.05, 4.69) is 5.32 Å². The molecule has 5 heteroatoms. The summed E-state index contributed by atoms with van der Waals surface area (Å²) in [6.45, 7) is 1.07. The molecule has 4 nitrogen and oxygen atoms in total. The normalized spacial score (nSPS) is 12.5. The first-order valence-corrected chi connectivity index (χ1v) is 8.25. The molecule has 130 valence electrons. The number of fused-ring (bicyclic) bond motifs is 1. The van der Waals surface area contributed by atoms with Crippen LogP contribution >= 0.6 is 0 Å². The highest BCUT2D eigenvalue weighted by Gasteiger charge is 2.13. The molecule has 0 spiro atoms. The molecule has 4 rings (SSSR count). The van der Waals surface area contributed by atoms with Gasteiger partial charge in [-0.2, -0.15) is 0 Å². The van der Waals surface area contributed by atoms with Crippen molar-refractivity contribution in [1.29, 1.82) is 0 Å². The van der Waals surface area contributed by atoms with Crippen LogP contribution in [0.3, 0.4) is 0 Å². The Bertz CT molecular complexity index is 954. The molecule has 1 N–H and O–H groups in total. The maximum Gasteiger partial charge on any atom is 0.161 e. The van der Waals surface area contributed by atoms with Crippen LogP contribution in [0.25, 0.3) is 11.1 Å². The Labute approximate surface area is 150 Å². The minimum Gasteiger partial charge on any atom is -0.486 e. The van der Waals surface area contributed by atoms with E-state index in [-0.39, 0.29) is 5.82 Å². The van der Waals surface area contributed by atoms with E-state index >= 15 is 0 Å². The van der Waals surface area contributed by atoms with Gasteiger partial charge < -0.3 is 14.8 Å². The number of nitrogens with one attached hydrogen (secondary N) is 1. The van der Waals surface area contributed by atoms with Crippen molar-refractivity contribution in [3.63, 3.8) is 0 Å². The first kappa shape index (κ1) is 16.1. The van der Waals surface area contributed by atoms with E-state index in [1.54, 1.807) is 18.2 Å². The van der Waals surface area contributed by atoms with E-state index in [1.807, 2.05) is 30.3 Å². The molecular formula is C21H16FNO3. The van der Waals surface area contributed by atoms with Crippen molar-refractivity contribution in [3.8, 4) is 22.6 Å². The Morgan fingerprint density at radius 2 is 1.54 bits per heavy atom. The molecule has 0 fully saturated rings. The fraction of sp³-hybridized carbons (Fsp3) is 0.0952. The lowest BCUT2D eigenvalue weighted by molar-refractivity contribution is 0.112. The number of halogens is 1. The minimum absolute atomic E-state index is 0.309. The first-order valence-electron chi connectivity index (χ1n) is 8.25. The maximum absolute atomic E-state index is 13.1. The van der Waals surface area contributed by atoms with Crippen LogP contribution in [0.2, 0.25) is 0 Å². The molecule has 0 amide bonds. The van der Waals surface area contributed by atoms with Crippen LogP contribution in [-0.4, -0.2) is 19.5 Å². The second-order valence-corrected chi connectivity index (χ2v) is 5.91. The van der Waals surface area contributed by atoms with Crippen molar-refractivity contribution < 1.29 is 18.7 Å². The lowest BCUT2D eigenvalue weighted by Gasteiger charge is -2.19. The molecule has 3 aromatic rings. The van der Waals surface area contributed by atoms with Crippen LogP contribution < -0.4 is 14.8 Å². The Morgan fingerprint density at radius 3 is 2.31 bits per heavy atom. The third-order valence-corrected chi connectivity index (χ3v) is 4.18. The molecule has 1 heterocycles. The Kier molecular flexibility index (Phi) is 4.27. The van der Waals surface area contributed by atoms with E-state index in [4.69, 9.17) is 9.47 Å². The standard InChI is InChI=1S/C21H16FNO3/c22-17-4-6-18(7-5-17)23-19-11-14(1-2-16(19)13-24)15-3-8-20-21(12-15)26-10-9-25-20/h1-8,11-13,23H,9-10H2. The number of anilines is 2. The molecule has 3 aromatic carbocycles. The van der Waals surface area contributed by atoms with Gasteiger partial charge in [0.2, 0.25) is 0 Å². The van der Waals surface area contributed by atoms with E-state index in [1.165, 1.54) is 12.1 Å². The zero-order chi connectivity index (χ0) is 17.9. The van der Waals surface area contributed by atoms with Crippen molar-refractivity contribution in [2.24, 2.45) is 0 Å². The fourth-order valence-electron chi connectivity index (χ4n) is 2.86. The van der Waals surface area contributed by atoms with Crippen molar-refractivity contribution in [3.05, 3.63) is 72.0 Å². The third-order valence-electron chi connectivity index (χ3n) is 4.18. The van der Waals surface area contributed by atoms with Crippen molar-refractivity contribution in [2.75, 3.05) is 18.5 Å². The first-order chi connectivity index (χ1) is 12.7. The zero-order valence-electron chi connectivity index (χ0n) is 13.9. The number of ether oxygens (including phenoxy) is 2. The third kappa shape index (κ3) is 3.24. The molecule has 0 bridgehead atoms. The molecule has 0 atom stereocenters. The second kappa shape index (κ2) is 6.88. The summed E-state index contributed by atoms with van der Waals surface area (Å²) in [6.07, 6.45) is 0.791. The number of benzene rings is 3. The Balaban J connectivity index is 1.69. The van der Waals surface area contributed by atoms with E-state index in [0.29, 0.717) is 35.9 Å². The smallest absolute Gasteiger partial charge is 0.161 e. The zero-order valence-corrected chi connectivity index (χ0v) is 13.9. The van der Waals surface area contributed by atoms with Gasteiger partial charge in [-0.05, 0) is 59.7 Å². The number of hydrogen-bond acceptors (Lipinski definition) is 4. The van der Waals surface area contributed by atoms with Crippen LogP contribution in [0.15, 0.2) is 60.7 Å². The Morgan fingerprint density at radius 1 is 0.846 bits per heavy atom. The van der Waals surface area contributed by atoms with Gasteiger partial charge in [-0.25, -0.2) is 4.39 Å². The number of rotatable bonds is 4. The molecule has 0 saturated carbocycles. The number of aldehydes is 1. The Hall–Kier alpha value is -3.34. The van der Waals surface area contributed by atoms with Gasteiger partial charge in [0.25, 0.3) is 0 Å². The average molecular weight is 349 g/mol. The van der Waals surface area contributed by atoms with Gasteiger partial charge >= 0.3 is 0 Å². The molecule has 26 heavy (non-hydrogen) atoms. The van der Waals surface area contributed by atoms with Gasteiger partial charge in [0.15, 0.2) is 17.8 Å². The van der Waals surface area contributed by atoms with Crippen LogP contribution in [0.4, 0.5) is 15.8 Å². The van der Waals surface area contributed by atoms with Gasteiger partial charge in [0, 0.05) is 16.9 Å². The topological polar surface area (TPSA) is 47.6 Å². The van der Waals surface area contributed by atoms with Gasteiger partial charge in [-0.1, -0.05) is 12.1 Å². The summed E-state index contributed by atoms with van der Waals surface area (Å²) in [5.41, 5.74) is 3.76. The summed E-state index contributed by atoms with van der Waals surface area (Å²) in [5, 5.41) is 3.17. The highest BCUT2D eigenvalue weighted by atomic mass is 19.1. The van der Waals surface area contributed by atoms with Gasteiger partial charge in [0.1, 0.15) is 19.0 Å². The molecule has 1 aliphatic heterocycles. The molecule has 1 aliphatic rings. The van der Waals surface area contributed by atoms with Crippen molar-refractivity contribution in [1.82, 2.24) is 0 Å². The average Bonchev–Trinajstić information content (AvgIpc) is 2.69. The van der Waals surface area contributed by atoms with Crippen LogP contribution in [0.1, 0.15) is 10.4 Å². The van der Waals surface area contributed by atoms with Crippen molar-refractivity contribution >= 4 is 17.7 Å². The molecule has 0 saturated heterocycles. The van der Waals surface area contributed by atoms with Gasteiger partial charge in [-0.3, -0.25) is 4.79 Å². The van der Waals surface area contributed by atoms with Gasteiger partial charge in [0.05, 0.1) is 0 Å². The predicted octanol–water partition coefficient (Wildman–Crippen LogP) is 4.82. The monoisotopic (exact) mass is 349 g/mol.